The summed E-state index contributed by atoms with van der Waals surface area (Å²) < 4.78 is 4.96. The average Bonchev–Trinajstić information content (AvgIpc) is 2.58. The van der Waals surface area contributed by atoms with Crippen molar-refractivity contribution in [2.45, 2.75) is 33.1 Å². The second-order valence-electron chi connectivity index (χ2n) is 4.32. The van der Waals surface area contributed by atoms with Crippen LogP contribution >= 0.6 is 11.3 Å². The molecule has 1 saturated carbocycles. The van der Waals surface area contributed by atoms with Gasteiger partial charge in [-0.15, -0.1) is 11.3 Å². The molecule has 94 valence electrons. The monoisotopic (exact) mass is 254 g/mol. The largest absolute Gasteiger partial charge is 0.461 e. The highest BCUT2D eigenvalue weighted by Gasteiger charge is 2.19. The molecule has 1 aromatic rings. The van der Waals surface area contributed by atoms with Gasteiger partial charge >= 0.3 is 5.97 Å². The van der Waals surface area contributed by atoms with E-state index in [4.69, 9.17) is 4.74 Å². The van der Waals surface area contributed by atoms with E-state index in [9.17, 15) is 4.79 Å². The number of carbonyl (C=O) groups excluding carboxylic acids is 1. The van der Waals surface area contributed by atoms with Gasteiger partial charge in [-0.3, -0.25) is 0 Å². The second-order valence-corrected chi connectivity index (χ2v) is 5.53. The molecule has 1 heterocycles. The van der Waals surface area contributed by atoms with Gasteiger partial charge in [0, 0.05) is 11.4 Å². The van der Waals surface area contributed by atoms with E-state index < -0.39 is 0 Å². The van der Waals surface area contributed by atoms with Crippen LogP contribution in [0.25, 0.3) is 0 Å². The van der Waals surface area contributed by atoms with Gasteiger partial charge in [0.05, 0.1) is 6.61 Å². The summed E-state index contributed by atoms with van der Waals surface area (Å²) in [5, 5.41) is 4.14. The number of aromatic nitrogens is 1. The molecular weight excluding hydrogens is 236 g/mol. The number of nitrogens with zero attached hydrogens (tertiary/aromatic N) is 1. The zero-order valence-corrected chi connectivity index (χ0v) is 11.1. The van der Waals surface area contributed by atoms with Gasteiger partial charge in [0.1, 0.15) is 0 Å². The minimum absolute atomic E-state index is 0.321. The van der Waals surface area contributed by atoms with Crippen LogP contribution in [0.5, 0.6) is 0 Å². The number of hydrogen-bond acceptors (Lipinski definition) is 5. The lowest BCUT2D eigenvalue weighted by molar-refractivity contribution is 0.0519. The number of thiazole rings is 1. The number of rotatable bonds is 5. The Morgan fingerprint density at radius 2 is 2.35 bits per heavy atom. The van der Waals surface area contributed by atoms with E-state index in [1.807, 2.05) is 6.92 Å². The van der Waals surface area contributed by atoms with E-state index in [0.29, 0.717) is 12.3 Å². The maximum absolute atomic E-state index is 11.6. The molecule has 4 nitrogen and oxygen atoms in total. The lowest BCUT2D eigenvalue weighted by atomic mass is 9.86. The summed E-state index contributed by atoms with van der Waals surface area (Å²) in [6.07, 6.45) is 3.96. The van der Waals surface area contributed by atoms with Crippen LogP contribution in [0.2, 0.25) is 0 Å². The zero-order valence-electron chi connectivity index (χ0n) is 10.3. The molecule has 0 radical (unpaired) electrons. The lowest BCUT2D eigenvalue weighted by Gasteiger charge is -2.25. The summed E-state index contributed by atoms with van der Waals surface area (Å²) in [4.78, 5) is 16.8. The molecule has 0 aromatic carbocycles. The van der Waals surface area contributed by atoms with Crippen molar-refractivity contribution in [1.29, 1.82) is 0 Å². The number of anilines is 1. The molecule has 0 amide bonds. The molecule has 2 rings (SSSR count). The van der Waals surface area contributed by atoms with Gasteiger partial charge in [0.15, 0.2) is 10.8 Å². The summed E-state index contributed by atoms with van der Waals surface area (Å²) in [5.41, 5.74) is 0.452. The van der Waals surface area contributed by atoms with Crippen LogP contribution in [0.3, 0.4) is 0 Å². The van der Waals surface area contributed by atoms with Crippen LogP contribution in [0.1, 0.15) is 41.6 Å². The fourth-order valence-corrected chi connectivity index (χ4v) is 2.60. The number of hydrogen-bond donors (Lipinski definition) is 1. The Hall–Kier alpha value is -1.10. The first-order valence-corrected chi connectivity index (χ1v) is 6.90. The fourth-order valence-electron chi connectivity index (χ4n) is 1.79. The van der Waals surface area contributed by atoms with E-state index in [2.05, 4.69) is 10.3 Å². The van der Waals surface area contributed by atoms with Crippen LogP contribution < -0.4 is 5.32 Å². The van der Waals surface area contributed by atoms with Crippen molar-refractivity contribution in [3.63, 3.8) is 0 Å². The third kappa shape index (κ3) is 2.97. The Kier molecular flexibility index (Phi) is 3.99. The van der Waals surface area contributed by atoms with Crippen molar-refractivity contribution in [1.82, 2.24) is 4.98 Å². The van der Waals surface area contributed by atoms with E-state index in [1.165, 1.54) is 30.6 Å². The minimum atomic E-state index is -0.321. The Morgan fingerprint density at radius 3 is 2.94 bits per heavy atom. The van der Waals surface area contributed by atoms with Crippen molar-refractivity contribution >= 4 is 22.4 Å². The number of esters is 1. The molecular formula is C12H18N2O2S. The maximum Gasteiger partial charge on any atom is 0.358 e. The fraction of sp³-hybridized carbons (Fsp3) is 0.667. The van der Waals surface area contributed by atoms with Crippen LogP contribution in [0, 0.1) is 12.8 Å². The lowest BCUT2D eigenvalue weighted by Crippen LogP contribution is -2.20. The second kappa shape index (κ2) is 5.49. The normalized spacial score (nSPS) is 15.4. The van der Waals surface area contributed by atoms with Crippen molar-refractivity contribution in [3.8, 4) is 0 Å². The topological polar surface area (TPSA) is 51.2 Å². The summed E-state index contributed by atoms with van der Waals surface area (Å²) in [6, 6.07) is 0. The molecule has 17 heavy (non-hydrogen) atoms. The SMILES string of the molecule is CCOC(=O)c1nc(NCC2CCC2)sc1C. The van der Waals surface area contributed by atoms with Crippen molar-refractivity contribution < 1.29 is 9.53 Å². The van der Waals surface area contributed by atoms with E-state index in [0.717, 1.165) is 22.5 Å². The summed E-state index contributed by atoms with van der Waals surface area (Å²) in [5.74, 6) is 0.461. The third-order valence-corrected chi connectivity index (χ3v) is 3.96. The molecule has 0 atom stereocenters. The van der Waals surface area contributed by atoms with E-state index in [-0.39, 0.29) is 5.97 Å². The molecule has 1 aliphatic carbocycles. The molecule has 0 unspecified atom stereocenters. The quantitative estimate of drug-likeness (QED) is 0.821. The van der Waals surface area contributed by atoms with Gasteiger partial charge in [-0.05, 0) is 32.6 Å². The first-order valence-electron chi connectivity index (χ1n) is 6.09. The van der Waals surface area contributed by atoms with Gasteiger partial charge < -0.3 is 10.1 Å². The summed E-state index contributed by atoms with van der Waals surface area (Å²) in [6.45, 7) is 5.06. The van der Waals surface area contributed by atoms with Crippen LogP contribution in [-0.4, -0.2) is 24.1 Å². The van der Waals surface area contributed by atoms with Crippen molar-refractivity contribution in [2.75, 3.05) is 18.5 Å². The van der Waals surface area contributed by atoms with Crippen molar-refractivity contribution in [2.24, 2.45) is 5.92 Å². The van der Waals surface area contributed by atoms with Crippen molar-refractivity contribution in [3.05, 3.63) is 10.6 Å². The first-order chi connectivity index (χ1) is 8.20. The number of ether oxygens (including phenoxy) is 1. The molecule has 5 heteroatoms. The number of carbonyl (C=O) groups is 1. The van der Waals surface area contributed by atoms with E-state index in [1.54, 1.807) is 6.92 Å². The van der Waals surface area contributed by atoms with Crippen LogP contribution in [0.4, 0.5) is 5.13 Å². The zero-order chi connectivity index (χ0) is 12.3. The highest BCUT2D eigenvalue weighted by Crippen LogP contribution is 2.28. The molecule has 0 saturated heterocycles. The molecule has 1 aliphatic rings. The molecule has 1 aromatic heterocycles. The Labute approximate surface area is 105 Å². The Bertz CT molecular complexity index is 399. The van der Waals surface area contributed by atoms with Gasteiger partial charge in [-0.2, -0.15) is 0 Å². The van der Waals surface area contributed by atoms with Gasteiger partial charge in [0.2, 0.25) is 0 Å². The molecule has 1 N–H and O–H groups in total. The minimum Gasteiger partial charge on any atom is -0.461 e. The molecule has 0 bridgehead atoms. The Balaban J connectivity index is 1.94. The van der Waals surface area contributed by atoms with Gasteiger partial charge in [0.25, 0.3) is 0 Å². The van der Waals surface area contributed by atoms with E-state index >= 15 is 0 Å². The maximum atomic E-state index is 11.6. The standard InChI is InChI=1S/C12H18N2O2S/c1-3-16-11(15)10-8(2)17-12(14-10)13-7-9-5-4-6-9/h9H,3-7H2,1-2H3,(H,13,14). The predicted octanol–water partition coefficient (Wildman–Crippen LogP) is 2.84. The number of nitrogens with one attached hydrogen (secondary N) is 1. The smallest absolute Gasteiger partial charge is 0.358 e. The third-order valence-electron chi connectivity index (χ3n) is 3.03. The number of aryl methyl sites for hydroxylation is 1. The van der Waals surface area contributed by atoms with Gasteiger partial charge in [-0.1, -0.05) is 6.42 Å². The average molecular weight is 254 g/mol. The summed E-state index contributed by atoms with van der Waals surface area (Å²) in [7, 11) is 0. The highest BCUT2D eigenvalue weighted by atomic mass is 32.1. The van der Waals surface area contributed by atoms with Gasteiger partial charge in [-0.25, -0.2) is 9.78 Å². The predicted molar refractivity (Wildman–Crippen MR) is 68.6 cm³/mol. The molecule has 0 spiro atoms. The highest BCUT2D eigenvalue weighted by molar-refractivity contribution is 7.15. The summed E-state index contributed by atoms with van der Waals surface area (Å²) >= 11 is 1.52. The van der Waals surface area contributed by atoms with Crippen LogP contribution in [-0.2, 0) is 4.74 Å². The van der Waals surface area contributed by atoms with Crippen LogP contribution in [0.15, 0.2) is 0 Å². The first kappa shape index (κ1) is 12.4. The molecule has 0 aliphatic heterocycles. The molecule has 1 fully saturated rings. The Morgan fingerprint density at radius 1 is 1.59 bits per heavy atom.